The van der Waals surface area contributed by atoms with Crippen LogP contribution in [0.4, 0.5) is 0 Å². The van der Waals surface area contributed by atoms with Crippen molar-refractivity contribution in [2.75, 3.05) is 0 Å². The summed E-state index contributed by atoms with van der Waals surface area (Å²) in [5.41, 5.74) is 0.785. The smallest absolute Gasteiger partial charge is 0.307 e. The van der Waals surface area contributed by atoms with Gasteiger partial charge in [-0.05, 0) is 37.7 Å². The Bertz CT molecular complexity index is 356. The Labute approximate surface area is 102 Å². The first-order chi connectivity index (χ1) is 7.76. The SMILES string of the molecule is CC(/C=N/OC(C)C)=C\C1C(C(=O)O)C1(C)C. The lowest BCUT2D eigenvalue weighted by molar-refractivity contribution is -0.139. The number of hydrogen-bond acceptors (Lipinski definition) is 3. The molecule has 0 radical (unpaired) electrons. The fourth-order valence-electron chi connectivity index (χ4n) is 2.02. The number of carbonyl (C=O) groups is 1. The molecule has 0 aromatic carbocycles. The Morgan fingerprint density at radius 3 is 2.47 bits per heavy atom. The summed E-state index contributed by atoms with van der Waals surface area (Å²) in [5.74, 6) is -0.915. The maximum atomic E-state index is 11.0. The first-order valence-electron chi connectivity index (χ1n) is 5.87. The number of oxime groups is 1. The molecular formula is C13H21NO3. The van der Waals surface area contributed by atoms with Crippen LogP contribution in [0.25, 0.3) is 0 Å². The minimum atomic E-state index is -0.723. The van der Waals surface area contributed by atoms with E-state index in [2.05, 4.69) is 5.16 Å². The second kappa shape index (κ2) is 4.90. The molecule has 0 spiro atoms. The minimum absolute atomic E-state index is 0.0585. The second-order valence-electron chi connectivity index (χ2n) is 5.46. The van der Waals surface area contributed by atoms with Gasteiger partial charge in [-0.15, -0.1) is 0 Å². The molecule has 0 heterocycles. The lowest BCUT2D eigenvalue weighted by atomic mass is 10.1. The van der Waals surface area contributed by atoms with Crippen molar-refractivity contribution in [2.24, 2.45) is 22.4 Å². The predicted molar refractivity (Wildman–Crippen MR) is 66.9 cm³/mol. The number of carboxylic acid groups (broad SMARTS) is 1. The average Bonchev–Trinajstić information content (AvgIpc) is 2.67. The van der Waals surface area contributed by atoms with E-state index < -0.39 is 5.97 Å². The van der Waals surface area contributed by atoms with E-state index in [-0.39, 0.29) is 23.4 Å². The summed E-state index contributed by atoms with van der Waals surface area (Å²) < 4.78 is 0. The van der Waals surface area contributed by atoms with Gasteiger partial charge in [0.25, 0.3) is 0 Å². The van der Waals surface area contributed by atoms with E-state index in [4.69, 9.17) is 9.94 Å². The summed E-state index contributed by atoms with van der Waals surface area (Å²) in [6.45, 7) is 9.66. The van der Waals surface area contributed by atoms with Crippen LogP contribution in [0.2, 0.25) is 0 Å². The summed E-state index contributed by atoms with van der Waals surface area (Å²) in [6.07, 6.45) is 3.66. The van der Waals surface area contributed by atoms with Crippen LogP contribution < -0.4 is 0 Å². The van der Waals surface area contributed by atoms with Crippen LogP contribution in [-0.4, -0.2) is 23.4 Å². The van der Waals surface area contributed by atoms with E-state index in [0.717, 1.165) is 5.57 Å². The van der Waals surface area contributed by atoms with Gasteiger partial charge in [0.2, 0.25) is 0 Å². The van der Waals surface area contributed by atoms with Gasteiger partial charge in [0.15, 0.2) is 0 Å². The van der Waals surface area contributed by atoms with Gasteiger partial charge in [-0.25, -0.2) is 0 Å². The normalized spacial score (nSPS) is 27.5. The predicted octanol–water partition coefficient (Wildman–Crippen LogP) is 2.70. The molecule has 0 aliphatic heterocycles. The van der Waals surface area contributed by atoms with E-state index in [0.29, 0.717) is 0 Å². The Kier molecular flexibility index (Phi) is 3.96. The van der Waals surface area contributed by atoms with E-state index in [1.165, 1.54) is 0 Å². The van der Waals surface area contributed by atoms with Crippen molar-refractivity contribution in [3.05, 3.63) is 11.6 Å². The van der Waals surface area contributed by atoms with E-state index >= 15 is 0 Å². The molecule has 96 valence electrons. The third-order valence-corrected chi connectivity index (χ3v) is 3.15. The summed E-state index contributed by atoms with van der Waals surface area (Å²) in [5, 5.41) is 12.9. The highest BCUT2D eigenvalue weighted by Gasteiger charge is 2.60. The van der Waals surface area contributed by atoms with Crippen molar-refractivity contribution in [1.82, 2.24) is 0 Å². The lowest BCUT2D eigenvalue weighted by Gasteiger charge is -2.00. The molecule has 1 saturated carbocycles. The Balaban J connectivity index is 2.59. The van der Waals surface area contributed by atoms with Gasteiger partial charge in [-0.1, -0.05) is 25.1 Å². The number of allylic oxidation sites excluding steroid dienone is 2. The Morgan fingerprint density at radius 1 is 1.47 bits per heavy atom. The van der Waals surface area contributed by atoms with Crippen LogP contribution in [-0.2, 0) is 9.63 Å². The highest BCUT2D eigenvalue weighted by Crippen LogP contribution is 2.59. The first kappa shape index (κ1) is 13.7. The zero-order valence-corrected chi connectivity index (χ0v) is 11.1. The van der Waals surface area contributed by atoms with Crippen LogP contribution in [0.1, 0.15) is 34.6 Å². The van der Waals surface area contributed by atoms with Crippen LogP contribution in [0, 0.1) is 17.3 Å². The largest absolute Gasteiger partial charge is 0.481 e. The zero-order chi connectivity index (χ0) is 13.2. The highest BCUT2D eigenvalue weighted by atomic mass is 16.6. The summed E-state index contributed by atoms with van der Waals surface area (Å²) >= 11 is 0. The minimum Gasteiger partial charge on any atom is -0.481 e. The van der Waals surface area contributed by atoms with Crippen molar-refractivity contribution in [2.45, 2.75) is 40.7 Å². The maximum absolute atomic E-state index is 11.0. The number of carboxylic acids is 1. The molecule has 0 bridgehead atoms. The van der Waals surface area contributed by atoms with Crippen LogP contribution in [0.5, 0.6) is 0 Å². The number of hydrogen-bond donors (Lipinski definition) is 1. The van der Waals surface area contributed by atoms with E-state index in [9.17, 15) is 4.79 Å². The maximum Gasteiger partial charge on any atom is 0.307 e. The second-order valence-corrected chi connectivity index (χ2v) is 5.46. The molecule has 0 amide bonds. The number of rotatable bonds is 5. The summed E-state index contributed by atoms with van der Waals surface area (Å²) in [4.78, 5) is 16.0. The first-order valence-corrected chi connectivity index (χ1v) is 5.87. The fraction of sp³-hybridized carbons (Fsp3) is 0.692. The van der Waals surface area contributed by atoms with Gasteiger partial charge in [0, 0.05) is 0 Å². The van der Waals surface area contributed by atoms with Gasteiger partial charge >= 0.3 is 5.97 Å². The van der Waals surface area contributed by atoms with Gasteiger partial charge in [-0.2, -0.15) is 0 Å². The Hall–Kier alpha value is -1.32. The Morgan fingerprint density at radius 2 is 2.06 bits per heavy atom. The van der Waals surface area contributed by atoms with Gasteiger partial charge < -0.3 is 9.94 Å². The van der Waals surface area contributed by atoms with E-state index in [1.807, 2.05) is 40.7 Å². The van der Waals surface area contributed by atoms with Crippen LogP contribution in [0.15, 0.2) is 16.8 Å². The van der Waals surface area contributed by atoms with Crippen LogP contribution >= 0.6 is 0 Å². The lowest BCUT2D eigenvalue weighted by Crippen LogP contribution is -2.03. The number of nitrogens with zero attached hydrogens (tertiary/aromatic N) is 1. The molecule has 2 unspecified atom stereocenters. The van der Waals surface area contributed by atoms with Gasteiger partial charge in [-0.3, -0.25) is 4.79 Å². The molecule has 4 heteroatoms. The van der Waals surface area contributed by atoms with Gasteiger partial charge in [0.1, 0.15) is 6.10 Å². The van der Waals surface area contributed by atoms with Crippen LogP contribution in [0.3, 0.4) is 0 Å². The molecule has 17 heavy (non-hydrogen) atoms. The molecule has 0 saturated heterocycles. The average molecular weight is 239 g/mol. The monoisotopic (exact) mass is 239 g/mol. The van der Waals surface area contributed by atoms with Crippen molar-refractivity contribution in [3.8, 4) is 0 Å². The third kappa shape index (κ3) is 3.32. The summed E-state index contributed by atoms with van der Waals surface area (Å²) in [7, 11) is 0. The van der Waals surface area contributed by atoms with Crippen molar-refractivity contribution < 1.29 is 14.7 Å². The molecule has 1 N–H and O–H groups in total. The molecular weight excluding hydrogens is 218 g/mol. The topological polar surface area (TPSA) is 58.9 Å². The standard InChI is InChI=1S/C13H21NO3/c1-8(2)17-14-7-9(3)6-10-11(12(15)16)13(10,4)5/h6-8,10-11H,1-5H3,(H,15,16)/b9-6+,14-7+. The summed E-state index contributed by atoms with van der Waals surface area (Å²) in [6, 6.07) is 0. The molecule has 1 aliphatic rings. The molecule has 4 nitrogen and oxygen atoms in total. The molecule has 0 aromatic heterocycles. The van der Waals surface area contributed by atoms with E-state index in [1.54, 1.807) is 6.21 Å². The third-order valence-electron chi connectivity index (χ3n) is 3.15. The quantitative estimate of drug-likeness (QED) is 0.592. The molecule has 0 aromatic rings. The van der Waals surface area contributed by atoms with Crippen molar-refractivity contribution >= 4 is 12.2 Å². The molecule has 1 fully saturated rings. The molecule has 1 rings (SSSR count). The molecule has 1 aliphatic carbocycles. The fourth-order valence-corrected chi connectivity index (χ4v) is 2.02. The van der Waals surface area contributed by atoms with Crippen molar-refractivity contribution in [1.29, 1.82) is 0 Å². The zero-order valence-electron chi connectivity index (χ0n) is 11.1. The number of aliphatic carboxylic acids is 1. The van der Waals surface area contributed by atoms with Gasteiger partial charge in [0.05, 0.1) is 12.1 Å². The van der Waals surface area contributed by atoms with Crippen molar-refractivity contribution in [3.63, 3.8) is 0 Å². The highest BCUT2D eigenvalue weighted by molar-refractivity contribution is 5.80. The molecule has 2 atom stereocenters.